The van der Waals surface area contributed by atoms with E-state index in [1.54, 1.807) is 24.3 Å². The fourth-order valence-electron chi connectivity index (χ4n) is 1.00. The fraction of sp³-hybridized carbons (Fsp3) is 0.300. The van der Waals surface area contributed by atoms with Crippen molar-refractivity contribution in [1.29, 1.82) is 0 Å². The zero-order chi connectivity index (χ0) is 11.1. The van der Waals surface area contributed by atoms with Crippen LogP contribution >= 0.6 is 0 Å². The van der Waals surface area contributed by atoms with Crippen molar-refractivity contribution in [2.45, 2.75) is 0 Å². The predicted molar refractivity (Wildman–Crippen MR) is 55.0 cm³/mol. The molecular formula is C10H13NO4. The van der Waals surface area contributed by atoms with Crippen molar-refractivity contribution in [3.05, 3.63) is 24.3 Å². The summed E-state index contributed by atoms with van der Waals surface area (Å²) >= 11 is 0. The largest absolute Gasteiger partial charge is 0.508 e. The van der Waals surface area contributed by atoms with Gasteiger partial charge in [0, 0.05) is 6.54 Å². The van der Waals surface area contributed by atoms with Gasteiger partial charge in [0.2, 0.25) is 0 Å². The van der Waals surface area contributed by atoms with Gasteiger partial charge in [0.1, 0.15) is 12.4 Å². The highest BCUT2D eigenvalue weighted by atomic mass is 16.7. The number of carbonyl (C=O) groups is 1. The molecule has 2 N–H and O–H groups in total. The molecule has 0 aliphatic rings. The zero-order valence-corrected chi connectivity index (χ0v) is 8.40. The molecule has 0 amide bonds. The van der Waals surface area contributed by atoms with Crippen LogP contribution in [0.5, 0.6) is 5.75 Å². The van der Waals surface area contributed by atoms with Crippen molar-refractivity contribution in [2.75, 3.05) is 25.6 Å². The normalized spacial score (nSPS) is 9.40. The van der Waals surface area contributed by atoms with Crippen molar-refractivity contribution in [1.82, 2.24) is 0 Å². The summed E-state index contributed by atoms with van der Waals surface area (Å²) in [5, 5.41) is 12.3. The zero-order valence-electron chi connectivity index (χ0n) is 8.40. The second kappa shape index (κ2) is 5.74. The molecule has 0 saturated heterocycles. The van der Waals surface area contributed by atoms with Crippen molar-refractivity contribution in [3.8, 4) is 5.75 Å². The summed E-state index contributed by atoms with van der Waals surface area (Å²) in [4.78, 5) is 10.6. The number of aromatic hydroxyl groups is 1. The molecular weight excluding hydrogens is 198 g/mol. The highest BCUT2D eigenvalue weighted by Crippen LogP contribution is 2.20. The standard InChI is InChI=1S/C10H13NO4/c1-14-10(13)15-7-6-11-8-4-2-3-5-9(8)12/h2-5,11-12H,6-7H2,1H3. The second-order valence-corrected chi connectivity index (χ2v) is 2.75. The van der Waals surface area contributed by atoms with E-state index in [0.29, 0.717) is 12.2 Å². The van der Waals surface area contributed by atoms with Crippen LogP contribution in [0.1, 0.15) is 0 Å². The van der Waals surface area contributed by atoms with E-state index in [-0.39, 0.29) is 12.4 Å². The molecule has 1 rings (SSSR count). The summed E-state index contributed by atoms with van der Waals surface area (Å²) in [6.07, 6.45) is -0.714. The highest BCUT2D eigenvalue weighted by molar-refractivity contribution is 5.59. The SMILES string of the molecule is COC(=O)OCCNc1ccccc1O. The van der Waals surface area contributed by atoms with Crippen LogP contribution < -0.4 is 5.32 Å². The number of hydrogen-bond acceptors (Lipinski definition) is 5. The van der Waals surface area contributed by atoms with Crippen LogP contribution in [0.2, 0.25) is 0 Å². The maximum Gasteiger partial charge on any atom is 0.508 e. The minimum absolute atomic E-state index is 0.163. The Balaban J connectivity index is 2.26. The van der Waals surface area contributed by atoms with E-state index in [1.165, 1.54) is 7.11 Å². The Morgan fingerprint density at radius 2 is 2.20 bits per heavy atom. The molecule has 0 aliphatic carbocycles. The number of ether oxygens (including phenoxy) is 2. The number of methoxy groups -OCH3 is 1. The van der Waals surface area contributed by atoms with Crippen molar-refractivity contribution < 1.29 is 19.4 Å². The Labute approximate surface area is 87.6 Å². The molecule has 82 valence electrons. The van der Waals surface area contributed by atoms with Crippen LogP contribution in [-0.4, -0.2) is 31.5 Å². The van der Waals surface area contributed by atoms with Crippen LogP contribution in [0.15, 0.2) is 24.3 Å². The average molecular weight is 211 g/mol. The summed E-state index contributed by atoms with van der Waals surface area (Å²) in [5.74, 6) is 0.163. The summed E-state index contributed by atoms with van der Waals surface area (Å²) in [6.45, 7) is 0.591. The third-order valence-electron chi connectivity index (χ3n) is 1.71. The highest BCUT2D eigenvalue weighted by Gasteiger charge is 2.00. The quantitative estimate of drug-likeness (QED) is 0.449. The van der Waals surface area contributed by atoms with E-state index in [4.69, 9.17) is 0 Å². The van der Waals surface area contributed by atoms with E-state index in [9.17, 15) is 9.90 Å². The average Bonchev–Trinajstić information content (AvgIpc) is 2.26. The van der Waals surface area contributed by atoms with E-state index in [1.807, 2.05) is 0 Å². The summed E-state index contributed by atoms with van der Waals surface area (Å²) in [7, 11) is 1.25. The van der Waals surface area contributed by atoms with Crippen LogP contribution in [0, 0.1) is 0 Å². The van der Waals surface area contributed by atoms with Crippen LogP contribution in [0.3, 0.4) is 0 Å². The van der Waals surface area contributed by atoms with Gasteiger partial charge in [0.25, 0.3) is 0 Å². The summed E-state index contributed by atoms with van der Waals surface area (Å²) in [6, 6.07) is 6.83. The van der Waals surface area contributed by atoms with Crippen molar-refractivity contribution >= 4 is 11.8 Å². The third kappa shape index (κ3) is 3.76. The Morgan fingerprint density at radius 1 is 1.47 bits per heavy atom. The first-order chi connectivity index (χ1) is 7.24. The monoisotopic (exact) mass is 211 g/mol. The minimum Gasteiger partial charge on any atom is -0.506 e. The first-order valence-electron chi connectivity index (χ1n) is 4.46. The van der Waals surface area contributed by atoms with E-state index in [2.05, 4.69) is 14.8 Å². The molecule has 1 aromatic rings. The lowest BCUT2D eigenvalue weighted by molar-refractivity contribution is 0.0759. The topological polar surface area (TPSA) is 67.8 Å². The van der Waals surface area contributed by atoms with E-state index in [0.717, 1.165) is 0 Å². The molecule has 1 aromatic carbocycles. The van der Waals surface area contributed by atoms with Gasteiger partial charge in [-0.15, -0.1) is 0 Å². The number of hydrogen-bond donors (Lipinski definition) is 2. The molecule has 5 nitrogen and oxygen atoms in total. The van der Waals surface area contributed by atoms with Gasteiger partial charge in [-0.05, 0) is 12.1 Å². The van der Waals surface area contributed by atoms with Gasteiger partial charge < -0.3 is 19.9 Å². The molecule has 0 unspecified atom stereocenters. The number of nitrogens with one attached hydrogen (secondary N) is 1. The van der Waals surface area contributed by atoms with Crippen molar-refractivity contribution in [3.63, 3.8) is 0 Å². The van der Waals surface area contributed by atoms with Gasteiger partial charge in [0.15, 0.2) is 0 Å². The predicted octanol–water partition coefficient (Wildman–Crippen LogP) is 1.59. The number of para-hydroxylation sites is 2. The molecule has 0 aliphatic heterocycles. The van der Waals surface area contributed by atoms with Crippen LogP contribution in [0.25, 0.3) is 0 Å². The molecule has 15 heavy (non-hydrogen) atoms. The number of anilines is 1. The lowest BCUT2D eigenvalue weighted by atomic mass is 10.3. The molecule has 0 atom stereocenters. The van der Waals surface area contributed by atoms with Gasteiger partial charge in [-0.3, -0.25) is 0 Å². The number of phenols is 1. The fourth-order valence-corrected chi connectivity index (χ4v) is 1.00. The summed E-state index contributed by atoms with van der Waals surface area (Å²) in [5.41, 5.74) is 0.603. The van der Waals surface area contributed by atoms with Crippen molar-refractivity contribution in [2.24, 2.45) is 0 Å². The van der Waals surface area contributed by atoms with E-state index >= 15 is 0 Å². The van der Waals surface area contributed by atoms with Crippen LogP contribution in [0.4, 0.5) is 10.5 Å². The van der Waals surface area contributed by atoms with Gasteiger partial charge >= 0.3 is 6.16 Å². The molecule has 0 bridgehead atoms. The molecule has 0 spiro atoms. The lowest BCUT2D eigenvalue weighted by Gasteiger charge is -2.07. The number of carbonyl (C=O) groups excluding carboxylic acids is 1. The maximum absolute atomic E-state index is 10.6. The van der Waals surface area contributed by atoms with Gasteiger partial charge in [-0.1, -0.05) is 12.1 Å². The molecule has 0 saturated carbocycles. The Morgan fingerprint density at radius 3 is 2.87 bits per heavy atom. The first kappa shape index (κ1) is 11.2. The van der Waals surface area contributed by atoms with Crippen LogP contribution in [-0.2, 0) is 9.47 Å². The molecule has 5 heteroatoms. The minimum atomic E-state index is -0.714. The Bertz CT molecular complexity index is 327. The lowest BCUT2D eigenvalue weighted by Crippen LogP contribution is -2.13. The maximum atomic E-state index is 10.6. The van der Waals surface area contributed by atoms with Gasteiger partial charge in [-0.25, -0.2) is 4.79 Å². The number of rotatable bonds is 4. The van der Waals surface area contributed by atoms with Gasteiger partial charge in [-0.2, -0.15) is 0 Å². The van der Waals surface area contributed by atoms with Gasteiger partial charge in [0.05, 0.1) is 12.8 Å². The number of benzene rings is 1. The first-order valence-corrected chi connectivity index (χ1v) is 4.46. The molecule has 0 aromatic heterocycles. The second-order valence-electron chi connectivity index (χ2n) is 2.75. The number of phenolic OH excluding ortho intramolecular Hbond substituents is 1. The Hall–Kier alpha value is -1.91. The Kier molecular flexibility index (Phi) is 4.28. The van der Waals surface area contributed by atoms with E-state index < -0.39 is 6.16 Å². The molecule has 0 fully saturated rings. The smallest absolute Gasteiger partial charge is 0.506 e. The molecule has 0 heterocycles. The summed E-state index contributed by atoms with van der Waals surface area (Å²) < 4.78 is 8.94. The third-order valence-corrected chi connectivity index (χ3v) is 1.71. The molecule has 0 radical (unpaired) electrons.